The lowest BCUT2D eigenvalue weighted by Gasteiger charge is -2.34. The number of alkyl carbamates (subject to hydrolysis) is 1. The van der Waals surface area contributed by atoms with Gasteiger partial charge < -0.3 is 26.0 Å². The number of ether oxygens (including phenoxy) is 1. The van der Waals surface area contributed by atoms with Gasteiger partial charge in [-0.25, -0.2) is 9.78 Å². The van der Waals surface area contributed by atoms with Crippen molar-refractivity contribution < 1.29 is 19.1 Å². The number of anilines is 1. The standard InChI is InChI=1S/C26H35N5O4/c1-2-35-26(34)30-22(18-7-4-3-5-8-18)25(33)31-14-6-9-21(31)24(32)29-16-17-10-11-20-19(15-17)12-13-28-23(20)27/h10-13,15,18,21-22H,2-9,14,16H2,1H3,(H2,27,28)(H,29,32)(H,30,34)/t21?,22-/m1/s1. The monoisotopic (exact) mass is 481 g/mol. The molecule has 1 aliphatic heterocycles. The van der Waals surface area contributed by atoms with Gasteiger partial charge in [0.2, 0.25) is 11.8 Å². The highest BCUT2D eigenvalue weighted by Crippen LogP contribution is 2.29. The van der Waals surface area contributed by atoms with Crippen molar-refractivity contribution in [3.63, 3.8) is 0 Å². The number of nitrogens with zero attached hydrogens (tertiary/aromatic N) is 2. The predicted octanol–water partition coefficient (Wildman–Crippen LogP) is 3.12. The Labute approximate surface area is 205 Å². The molecule has 2 aliphatic rings. The number of fused-ring (bicyclic) bond motifs is 1. The first-order valence-corrected chi connectivity index (χ1v) is 12.6. The fourth-order valence-electron chi connectivity index (χ4n) is 5.30. The van der Waals surface area contributed by atoms with Gasteiger partial charge in [-0.3, -0.25) is 9.59 Å². The van der Waals surface area contributed by atoms with E-state index in [1.165, 1.54) is 0 Å². The third kappa shape index (κ3) is 5.83. The second-order valence-corrected chi connectivity index (χ2v) is 9.40. The van der Waals surface area contributed by atoms with E-state index in [-0.39, 0.29) is 24.3 Å². The molecule has 9 nitrogen and oxygen atoms in total. The summed E-state index contributed by atoms with van der Waals surface area (Å²) in [5.41, 5.74) is 6.87. The van der Waals surface area contributed by atoms with Crippen LogP contribution in [0.3, 0.4) is 0 Å². The maximum atomic E-state index is 13.6. The van der Waals surface area contributed by atoms with E-state index in [1.54, 1.807) is 18.0 Å². The molecule has 2 atom stereocenters. The van der Waals surface area contributed by atoms with Crippen LogP contribution in [0.1, 0.15) is 57.4 Å². The fraction of sp³-hybridized carbons (Fsp3) is 0.538. The Morgan fingerprint density at radius 2 is 1.94 bits per heavy atom. The number of hydrogen-bond donors (Lipinski definition) is 3. The summed E-state index contributed by atoms with van der Waals surface area (Å²) in [7, 11) is 0. The molecular formula is C26H35N5O4. The molecule has 1 saturated carbocycles. The molecule has 0 spiro atoms. The van der Waals surface area contributed by atoms with E-state index >= 15 is 0 Å². The summed E-state index contributed by atoms with van der Waals surface area (Å²) in [6.45, 7) is 2.83. The molecule has 1 unspecified atom stereocenters. The number of aromatic nitrogens is 1. The molecule has 35 heavy (non-hydrogen) atoms. The molecule has 4 N–H and O–H groups in total. The Morgan fingerprint density at radius 1 is 1.14 bits per heavy atom. The first-order valence-electron chi connectivity index (χ1n) is 12.6. The topological polar surface area (TPSA) is 127 Å². The molecule has 2 heterocycles. The molecule has 4 rings (SSSR count). The molecule has 3 amide bonds. The zero-order chi connectivity index (χ0) is 24.8. The SMILES string of the molecule is CCOC(=O)N[C@@H](C(=O)N1CCCC1C(=O)NCc1ccc2c(N)nccc2c1)C1CCCCC1. The Kier molecular flexibility index (Phi) is 8.05. The van der Waals surface area contributed by atoms with Crippen molar-refractivity contribution in [3.8, 4) is 0 Å². The Balaban J connectivity index is 1.43. The lowest BCUT2D eigenvalue weighted by atomic mass is 9.83. The maximum Gasteiger partial charge on any atom is 0.407 e. The summed E-state index contributed by atoms with van der Waals surface area (Å²) in [4.78, 5) is 44.7. The van der Waals surface area contributed by atoms with Crippen molar-refractivity contribution in [2.24, 2.45) is 5.92 Å². The van der Waals surface area contributed by atoms with Gasteiger partial charge in [-0.2, -0.15) is 0 Å². The van der Waals surface area contributed by atoms with E-state index in [4.69, 9.17) is 10.5 Å². The quantitative estimate of drug-likeness (QED) is 0.558. The minimum atomic E-state index is -0.665. The third-order valence-corrected chi connectivity index (χ3v) is 7.10. The van der Waals surface area contributed by atoms with Crippen molar-refractivity contribution in [2.45, 2.75) is 70.5 Å². The number of carbonyl (C=O) groups is 3. The smallest absolute Gasteiger partial charge is 0.407 e. The molecule has 1 aromatic carbocycles. The highest BCUT2D eigenvalue weighted by molar-refractivity contribution is 5.93. The number of pyridine rings is 1. The van der Waals surface area contributed by atoms with Crippen LogP contribution in [-0.4, -0.2) is 53.0 Å². The van der Waals surface area contributed by atoms with Gasteiger partial charge in [-0.05, 0) is 61.6 Å². The highest BCUT2D eigenvalue weighted by atomic mass is 16.5. The van der Waals surface area contributed by atoms with Crippen LogP contribution in [0.5, 0.6) is 0 Å². The first-order chi connectivity index (χ1) is 17.0. The first kappa shape index (κ1) is 24.8. The lowest BCUT2D eigenvalue weighted by Crippen LogP contribution is -2.56. The van der Waals surface area contributed by atoms with Crippen LogP contribution in [0.15, 0.2) is 30.5 Å². The molecule has 9 heteroatoms. The second kappa shape index (κ2) is 11.4. The minimum absolute atomic E-state index is 0.0597. The van der Waals surface area contributed by atoms with Crippen molar-refractivity contribution >= 4 is 34.5 Å². The van der Waals surface area contributed by atoms with Crippen molar-refractivity contribution in [1.29, 1.82) is 0 Å². The number of carbonyl (C=O) groups excluding carboxylic acids is 3. The largest absolute Gasteiger partial charge is 0.450 e. The summed E-state index contributed by atoms with van der Waals surface area (Å²) in [6.07, 6.45) is 7.43. The van der Waals surface area contributed by atoms with Crippen LogP contribution >= 0.6 is 0 Å². The second-order valence-electron chi connectivity index (χ2n) is 9.40. The summed E-state index contributed by atoms with van der Waals surface area (Å²) in [5, 5.41) is 7.63. The van der Waals surface area contributed by atoms with Crippen molar-refractivity contribution in [2.75, 3.05) is 18.9 Å². The average Bonchev–Trinajstić information content (AvgIpc) is 3.36. The average molecular weight is 482 g/mol. The van der Waals surface area contributed by atoms with Crippen molar-refractivity contribution in [3.05, 3.63) is 36.0 Å². The number of benzene rings is 1. The molecular weight excluding hydrogens is 446 g/mol. The Bertz CT molecular complexity index is 1070. The Morgan fingerprint density at radius 3 is 2.71 bits per heavy atom. The number of rotatable bonds is 7. The van der Waals surface area contributed by atoms with Crippen LogP contribution in [0.25, 0.3) is 10.8 Å². The van der Waals surface area contributed by atoms with Gasteiger partial charge in [0, 0.05) is 24.7 Å². The van der Waals surface area contributed by atoms with Gasteiger partial charge in [0.25, 0.3) is 0 Å². The van der Waals surface area contributed by atoms with Crippen molar-refractivity contribution in [1.82, 2.24) is 20.5 Å². The molecule has 1 aliphatic carbocycles. The van der Waals surface area contributed by atoms with E-state index < -0.39 is 18.2 Å². The summed E-state index contributed by atoms with van der Waals surface area (Å²) >= 11 is 0. The van der Waals surface area contributed by atoms with Crippen LogP contribution in [0, 0.1) is 5.92 Å². The number of nitrogens with one attached hydrogen (secondary N) is 2. The summed E-state index contributed by atoms with van der Waals surface area (Å²) in [6, 6.07) is 6.48. The van der Waals surface area contributed by atoms with Crippen LogP contribution < -0.4 is 16.4 Å². The van der Waals surface area contributed by atoms with E-state index in [9.17, 15) is 14.4 Å². The molecule has 2 fully saturated rings. The molecule has 0 bridgehead atoms. The normalized spacial score (nSPS) is 19.3. The van der Waals surface area contributed by atoms with Crippen LogP contribution in [0.4, 0.5) is 10.6 Å². The summed E-state index contributed by atoms with van der Waals surface area (Å²) in [5.74, 6) is 0.173. The van der Waals surface area contributed by atoms with Gasteiger partial charge >= 0.3 is 6.09 Å². The van der Waals surface area contributed by atoms with Gasteiger partial charge in [-0.1, -0.05) is 31.4 Å². The fourth-order valence-corrected chi connectivity index (χ4v) is 5.30. The zero-order valence-electron chi connectivity index (χ0n) is 20.3. The Hall–Kier alpha value is -3.36. The number of nitrogens with two attached hydrogens (primary N) is 1. The lowest BCUT2D eigenvalue weighted by molar-refractivity contribution is -0.141. The van der Waals surface area contributed by atoms with Gasteiger partial charge in [-0.15, -0.1) is 0 Å². The minimum Gasteiger partial charge on any atom is -0.450 e. The highest BCUT2D eigenvalue weighted by Gasteiger charge is 2.40. The third-order valence-electron chi connectivity index (χ3n) is 7.10. The predicted molar refractivity (Wildman–Crippen MR) is 133 cm³/mol. The zero-order valence-corrected chi connectivity index (χ0v) is 20.3. The molecule has 1 aromatic heterocycles. The van der Waals surface area contributed by atoms with E-state index in [1.807, 2.05) is 24.3 Å². The molecule has 188 valence electrons. The van der Waals surface area contributed by atoms with E-state index in [0.29, 0.717) is 25.3 Å². The van der Waals surface area contributed by atoms with Gasteiger partial charge in [0.05, 0.1) is 6.61 Å². The molecule has 1 saturated heterocycles. The van der Waals surface area contributed by atoms with E-state index in [2.05, 4.69) is 15.6 Å². The molecule has 0 radical (unpaired) electrons. The van der Waals surface area contributed by atoms with Crippen LogP contribution in [0.2, 0.25) is 0 Å². The molecule has 2 aromatic rings. The number of likely N-dealkylation sites (tertiary alicyclic amines) is 1. The van der Waals surface area contributed by atoms with Gasteiger partial charge in [0.1, 0.15) is 17.9 Å². The summed E-state index contributed by atoms with van der Waals surface area (Å²) < 4.78 is 5.06. The van der Waals surface area contributed by atoms with Crippen LogP contribution in [-0.2, 0) is 20.9 Å². The number of amides is 3. The van der Waals surface area contributed by atoms with E-state index in [0.717, 1.165) is 54.9 Å². The number of hydrogen-bond acceptors (Lipinski definition) is 6. The number of nitrogen functional groups attached to an aromatic ring is 1. The maximum absolute atomic E-state index is 13.6. The van der Waals surface area contributed by atoms with Gasteiger partial charge in [0.15, 0.2) is 0 Å².